The molecule has 0 N–H and O–H groups in total. The summed E-state index contributed by atoms with van der Waals surface area (Å²) in [6, 6.07) is 9.14. The molecule has 0 aliphatic rings. The molecule has 0 unspecified atom stereocenters. The molecule has 114 valence electrons. The van der Waals surface area contributed by atoms with Crippen LogP contribution >= 0.6 is 27.7 Å². The Hall–Kier alpha value is 0.0500. The van der Waals surface area contributed by atoms with Gasteiger partial charge in [0.1, 0.15) is 0 Å². The zero-order valence-electron chi connectivity index (χ0n) is 13.4. The van der Waals surface area contributed by atoms with Crippen LogP contribution in [-0.4, -0.2) is 11.1 Å². The molecule has 0 amide bonds. The van der Waals surface area contributed by atoms with Gasteiger partial charge in [-0.1, -0.05) is 68.6 Å². The van der Waals surface area contributed by atoms with E-state index in [4.69, 9.17) is 0 Å². The Morgan fingerprint density at radius 2 is 1.60 bits per heavy atom. The minimum Gasteiger partial charge on any atom is -0.126 e. The summed E-state index contributed by atoms with van der Waals surface area (Å²) in [4.78, 5) is 1.41. The van der Waals surface area contributed by atoms with Crippen molar-refractivity contribution in [3.8, 4) is 0 Å². The maximum absolute atomic E-state index is 3.77. The predicted octanol–water partition coefficient (Wildman–Crippen LogP) is 6.88. The van der Waals surface area contributed by atoms with Crippen molar-refractivity contribution >= 4 is 27.7 Å². The average molecular weight is 357 g/mol. The van der Waals surface area contributed by atoms with Crippen molar-refractivity contribution in [2.24, 2.45) is 5.41 Å². The van der Waals surface area contributed by atoms with Gasteiger partial charge in [-0.05, 0) is 41.9 Å². The van der Waals surface area contributed by atoms with Crippen LogP contribution in [0.4, 0.5) is 0 Å². The van der Waals surface area contributed by atoms with Crippen LogP contribution in [0.2, 0.25) is 0 Å². The summed E-state index contributed by atoms with van der Waals surface area (Å²) < 4.78 is 0. The Labute approximate surface area is 138 Å². The van der Waals surface area contributed by atoms with Gasteiger partial charge in [-0.15, -0.1) is 11.8 Å². The van der Waals surface area contributed by atoms with Gasteiger partial charge < -0.3 is 0 Å². The van der Waals surface area contributed by atoms with Crippen molar-refractivity contribution in [1.82, 2.24) is 0 Å². The van der Waals surface area contributed by atoms with Gasteiger partial charge in [-0.2, -0.15) is 0 Å². The molecule has 0 saturated heterocycles. The fourth-order valence-corrected chi connectivity index (χ4v) is 4.90. The van der Waals surface area contributed by atoms with Crippen LogP contribution in [0.25, 0.3) is 0 Å². The van der Waals surface area contributed by atoms with Crippen LogP contribution in [0.1, 0.15) is 64.9 Å². The highest BCUT2D eigenvalue weighted by molar-refractivity contribution is 9.09. The summed E-state index contributed by atoms with van der Waals surface area (Å²) in [5.74, 6) is 1.84. The first-order valence-corrected chi connectivity index (χ1v) is 9.96. The van der Waals surface area contributed by atoms with Crippen molar-refractivity contribution in [2.45, 2.75) is 64.2 Å². The van der Waals surface area contributed by atoms with Crippen molar-refractivity contribution in [1.29, 1.82) is 0 Å². The third kappa shape index (κ3) is 5.44. The molecule has 2 heteroatoms. The predicted molar refractivity (Wildman–Crippen MR) is 97.3 cm³/mol. The zero-order chi connectivity index (χ0) is 15.0. The first-order valence-electron chi connectivity index (χ1n) is 7.85. The lowest BCUT2D eigenvalue weighted by molar-refractivity contribution is 0.320. The van der Waals surface area contributed by atoms with Crippen molar-refractivity contribution < 1.29 is 0 Å². The van der Waals surface area contributed by atoms with E-state index in [1.165, 1.54) is 41.9 Å². The summed E-state index contributed by atoms with van der Waals surface area (Å²) in [5, 5.41) is 1.12. The smallest absolute Gasteiger partial charge is 0.00959 e. The molecule has 1 aromatic carbocycles. The fourth-order valence-electron chi connectivity index (χ4n) is 2.69. The van der Waals surface area contributed by atoms with Crippen LogP contribution in [0.3, 0.4) is 0 Å². The lowest BCUT2D eigenvalue weighted by Crippen LogP contribution is -2.25. The molecular formula is C18H29BrS. The van der Waals surface area contributed by atoms with E-state index in [-0.39, 0.29) is 0 Å². The fraction of sp³-hybridized carbons (Fsp3) is 0.667. The topological polar surface area (TPSA) is 0 Å². The lowest BCUT2D eigenvalue weighted by Gasteiger charge is -2.31. The van der Waals surface area contributed by atoms with Gasteiger partial charge in [-0.3, -0.25) is 0 Å². The molecule has 0 aliphatic carbocycles. The molecule has 20 heavy (non-hydrogen) atoms. The molecule has 0 heterocycles. The second-order valence-corrected chi connectivity index (χ2v) is 7.76. The highest BCUT2D eigenvalue weighted by Gasteiger charge is 2.27. The highest BCUT2D eigenvalue weighted by atomic mass is 79.9. The van der Waals surface area contributed by atoms with E-state index in [0.717, 1.165) is 5.33 Å². The molecule has 0 aromatic heterocycles. The van der Waals surface area contributed by atoms with E-state index in [1.54, 1.807) is 0 Å². The number of hydrogen-bond acceptors (Lipinski definition) is 1. The normalized spacial score (nSPS) is 12.1. The standard InChI is InChI=1S/C18H29BrS/c1-5-11-18(13-19,12-6-2)14-20-17-9-7-16(8-10-17)15(3)4/h7-10,15H,5-6,11-14H2,1-4H3. The minimum atomic E-state index is 0.463. The van der Waals surface area contributed by atoms with E-state index < -0.39 is 0 Å². The maximum Gasteiger partial charge on any atom is 0.00959 e. The first kappa shape index (κ1) is 18.1. The quantitative estimate of drug-likeness (QED) is 0.343. The summed E-state index contributed by atoms with van der Waals surface area (Å²) >= 11 is 5.79. The van der Waals surface area contributed by atoms with Crippen LogP contribution in [0.15, 0.2) is 29.2 Å². The number of rotatable bonds is 9. The Kier molecular flexibility index (Phi) is 8.28. The Balaban J connectivity index is 2.66. The van der Waals surface area contributed by atoms with Gasteiger partial charge in [0.15, 0.2) is 0 Å². The van der Waals surface area contributed by atoms with Crippen molar-refractivity contribution in [3.63, 3.8) is 0 Å². The largest absolute Gasteiger partial charge is 0.126 e. The molecule has 0 radical (unpaired) electrons. The molecule has 0 fully saturated rings. The van der Waals surface area contributed by atoms with E-state index in [9.17, 15) is 0 Å². The molecule has 0 bridgehead atoms. The van der Waals surface area contributed by atoms with Crippen LogP contribution in [-0.2, 0) is 0 Å². The minimum absolute atomic E-state index is 0.463. The molecule has 0 atom stereocenters. The Morgan fingerprint density at radius 1 is 1.05 bits per heavy atom. The second-order valence-electron chi connectivity index (χ2n) is 6.15. The van der Waals surface area contributed by atoms with Crippen LogP contribution < -0.4 is 0 Å². The summed E-state index contributed by atoms with van der Waals surface area (Å²) in [6.07, 6.45) is 5.20. The van der Waals surface area contributed by atoms with Gasteiger partial charge in [0, 0.05) is 16.0 Å². The number of alkyl halides is 1. The molecule has 0 nitrogen and oxygen atoms in total. The third-order valence-corrected chi connectivity index (χ3v) is 6.49. The maximum atomic E-state index is 3.77. The molecule has 1 aromatic rings. The lowest BCUT2D eigenvalue weighted by atomic mass is 9.83. The first-order chi connectivity index (χ1) is 9.56. The van der Waals surface area contributed by atoms with Gasteiger partial charge in [0.05, 0.1) is 0 Å². The van der Waals surface area contributed by atoms with E-state index >= 15 is 0 Å². The third-order valence-electron chi connectivity index (χ3n) is 3.94. The van der Waals surface area contributed by atoms with Crippen LogP contribution in [0, 0.1) is 5.41 Å². The average Bonchev–Trinajstić information content (AvgIpc) is 2.45. The second kappa shape index (κ2) is 9.15. The summed E-state index contributed by atoms with van der Waals surface area (Å²) in [6.45, 7) is 9.10. The SMILES string of the molecule is CCCC(CBr)(CCC)CSc1ccc(C(C)C)cc1. The molecule has 0 saturated carbocycles. The van der Waals surface area contributed by atoms with Gasteiger partial charge in [0.2, 0.25) is 0 Å². The van der Waals surface area contributed by atoms with E-state index in [0.29, 0.717) is 11.3 Å². The van der Waals surface area contributed by atoms with Gasteiger partial charge in [-0.25, -0.2) is 0 Å². The van der Waals surface area contributed by atoms with Crippen molar-refractivity contribution in [2.75, 3.05) is 11.1 Å². The molecule has 1 rings (SSSR count). The Bertz CT molecular complexity index is 364. The zero-order valence-corrected chi connectivity index (χ0v) is 15.8. The van der Waals surface area contributed by atoms with Crippen molar-refractivity contribution in [3.05, 3.63) is 29.8 Å². The number of halogens is 1. The summed E-state index contributed by atoms with van der Waals surface area (Å²) in [7, 11) is 0. The van der Waals surface area contributed by atoms with Crippen LogP contribution in [0.5, 0.6) is 0 Å². The van der Waals surface area contributed by atoms with E-state index in [2.05, 4.69) is 67.9 Å². The number of thioether (sulfide) groups is 1. The number of hydrogen-bond donors (Lipinski definition) is 0. The summed E-state index contributed by atoms with van der Waals surface area (Å²) in [5.41, 5.74) is 1.90. The number of benzene rings is 1. The molecule has 0 aliphatic heterocycles. The monoisotopic (exact) mass is 356 g/mol. The Morgan fingerprint density at radius 3 is 2.00 bits per heavy atom. The highest BCUT2D eigenvalue weighted by Crippen LogP contribution is 2.38. The molecule has 0 spiro atoms. The molecular weight excluding hydrogens is 328 g/mol. The van der Waals surface area contributed by atoms with Gasteiger partial charge >= 0.3 is 0 Å². The van der Waals surface area contributed by atoms with Gasteiger partial charge in [0.25, 0.3) is 0 Å². The van der Waals surface area contributed by atoms with E-state index in [1.807, 2.05) is 11.8 Å².